The SMILES string of the molecule is C#CCOc1ccc2c(C=O)c(C(C)C)n(Cc3ccccn3)c2c1.CNCc1ccc(C)c(F)c1. The van der Waals surface area contributed by atoms with Crippen LogP contribution in [0.4, 0.5) is 4.39 Å². The number of ether oxygens (including phenoxy) is 1. The fourth-order valence-electron chi connectivity index (χ4n) is 4.11. The van der Waals surface area contributed by atoms with Gasteiger partial charge in [-0.15, -0.1) is 6.42 Å². The number of hydrogen-bond acceptors (Lipinski definition) is 4. The molecule has 186 valence electrons. The number of fused-ring (bicyclic) bond motifs is 1. The second-order valence-corrected chi connectivity index (χ2v) is 8.76. The molecule has 1 N–H and O–H groups in total. The minimum absolute atomic E-state index is 0.127. The summed E-state index contributed by atoms with van der Waals surface area (Å²) >= 11 is 0. The molecule has 0 saturated heterocycles. The predicted molar refractivity (Wildman–Crippen MR) is 143 cm³/mol. The molecule has 4 aromatic rings. The van der Waals surface area contributed by atoms with Crippen molar-refractivity contribution in [3.8, 4) is 18.1 Å². The molecule has 0 saturated carbocycles. The summed E-state index contributed by atoms with van der Waals surface area (Å²) in [6.07, 6.45) is 7.99. The number of aldehydes is 1. The number of nitrogens with zero attached hydrogens (tertiary/aromatic N) is 2. The van der Waals surface area contributed by atoms with Crippen LogP contribution in [0, 0.1) is 25.1 Å². The Morgan fingerprint density at radius 3 is 2.61 bits per heavy atom. The molecule has 2 aromatic carbocycles. The highest BCUT2D eigenvalue weighted by atomic mass is 19.1. The summed E-state index contributed by atoms with van der Waals surface area (Å²) in [5.74, 6) is 3.24. The van der Waals surface area contributed by atoms with Crippen LogP contribution in [0.25, 0.3) is 10.9 Å². The molecule has 0 aliphatic carbocycles. The standard InChI is InChI=1S/C21H20N2O2.C9H12FN/c1-4-11-25-17-8-9-18-19(14-24)21(15(2)3)23(20(18)12-17)13-16-7-5-6-10-22-16;1-7-3-4-8(6-11-2)5-9(7)10/h1,5-10,12,14-15H,11,13H2,2-3H3;3-5,11H,6H2,1-2H3. The maximum atomic E-state index is 12.9. The van der Waals surface area contributed by atoms with Crippen molar-refractivity contribution in [2.45, 2.75) is 39.8 Å². The van der Waals surface area contributed by atoms with Crippen LogP contribution in [0.1, 0.15) is 52.6 Å². The number of aromatic nitrogens is 2. The molecular formula is C30H32FN3O2. The molecule has 0 unspecified atom stereocenters. The first-order valence-corrected chi connectivity index (χ1v) is 11.9. The molecule has 0 atom stereocenters. The molecule has 2 aromatic heterocycles. The summed E-state index contributed by atoms with van der Waals surface area (Å²) in [5.41, 5.74) is 5.30. The Morgan fingerprint density at radius 1 is 1.19 bits per heavy atom. The van der Waals surface area contributed by atoms with E-state index < -0.39 is 0 Å². The first-order chi connectivity index (χ1) is 17.4. The summed E-state index contributed by atoms with van der Waals surface area (Å²) in [7, 11) is 1.85. The molecule has 6 heteroatoms. The Hall–Kier alpha value is -3.95. The Labute approximate surface area is 212 Å². The summed E-state index contributed by atoms with van der Waals surface area (Å²) < 4.78 is 20.6. The molecule has 0 fully saturated rings. The Kier molecular flexibility index (Phi) is 9.38. The van der Waals surface area contributed by atoms with E-state index in [-0.39, 0.29) is 18.3 Å². The highest BCUT2D eigenvalue weighted by Crippen LogP contribution is 2.33. The van der Waals surface area contributed by atoms with Gasteiger partial charge >= 0.3 is 0 Å². The van der Waals surface area contributed by atoms with E-state index in [1.807, 2.05) is 49.5 Å². The van der Waals surface area contributed by atoms with Crippen molar-refractivity contribution in [2.75, 3.05) is 13.7 Å². The van der Waals surface area contributed by atoms with Gasteiger partial charge in [0.25, 0.3) is 0 Å². The van der Waals surface area contributed by atoms with Crippen molar-refractivity contribution in [1.82, 2.24) is 14.9 Å². The lowest BCUT2D eigenvalue weighted by molar-refractivity contribution is 0.112. The van der Waals surface area contributed by atoms with E-state index in [1.165, 1.54) is 0 Å². The fourth-order valence-corrected chi connectivity index (χ4v) is 4.11. The van der Waals surface area contributed by atoms with E-state index in [0.717, 1.165) is 46.2 Å². The molecule has 0 amide bonds. The molecule has 0 bridgehead atoms. The topological polar surface area (TPSA) is 56.2 Å². The lowest BCUT2D eigenvalue weighted by Crippen LogP contribution is -2.08. The second kappa shape index (κ2) is 12.7. The van der Waals surface area contributed by atoms with Gasteiger partial charge in [-0.1, -0.05) is 38.0 Å². The third-order valence-corrected chi connectivity index (χ3v) is 5.77. The summed E-state index contributed by atoms with van der Waals surface area (Å²) in [6.45, 7) is 7.47. The number of nitrogens with one attached hydrogen (secondary N) is 1. The van der Waals surface area contributed by atoms with E-state index in [9.17, 15) is 9.18 Å². The number of aryl methyl sites for hydroxylation is 1. The van der Waals surface area contributed by atoms with Gasteiger partial charge in [-0.05, 0) is 61.3 Å². The van der Waals surface area contributed by atoms with Crippen LogP contribution < -0.4 is 10.1 Å². The molecule has 4 rings (SSSR count). The summed E-state index contributed by atoms with van der Waals surface area (Å²) in [5, 5.41) is 3.88. The quantitative estimate of drug-likeness (QED) is 0.250. The molecule has 0 radical (unpaired) electrons. The Bertz CT molecular complexity index is 1350. The van der Waals surface area contributed by atoms with Gasteiger partial charge in [0.1, 0.15) is 18.2 Å². The van der Waals surface area contributed by atoms with Crippen molar-refractivity contribution < 1.29 is 13.9 Å². The molecule has 0 spiro atoms. The smallest absolute Gasteiger partial charge is 0.152 e. The first-order valence-electron chi connectivity index (χ1n) is 11.9. The van der Waals surface area contributed by atoms with Crippen molar-refractivity contribution in [3.63, 3.8) is 0 Å². The van der Waals surface area contributed by atoms with E-state index in [0.29, 0.717) is 17.9 Å². The second-order valence-electron chi connectivity index (χ2n) is 8.76. The molecular weight excluding hydrogens is 453 g/mol. The van der Waals surface area contributed by atoms with Crippen LogP contribution in [0.15, 0.2) is 60.8 Å². The van der Waals surface area contributed by atoms with Gasteiger partial charge in [-0.2, -0.15) is 0 Å². The third kappa shape index (κ3) is 6.38. The molecule has 36 heavy (non-hydrogen) atoms. The monoisotopic (exact) mass is 485 g/mol. The third-order valence-electron chi connectivity index (χ3n) is 5.77. The highest BCUT2D eigenvalue weighted by molar-refractivity contribution is 6.00. The molecule has 5 nitrogen and oxygen atoms in total. The fraction of sp³-hybridized carbons (Fsp3) is 0.267. The summed E-state index contributed by atoms with van der Waals surface area (Å²) in [6, 6.07) is 16.8. The van der Waals surface area contributed by atoms with Crippen LogP contribution >= 0.6 is 0 Å². The number of pyridine rings is 1. The van der Waals surface area contributed by atoms with Gasteiger partial charge in [0.2, 0.25) is 0 Å². The van der Waals surface area contributed by atoms with Gasteiger partial charge in [0.05, 0.1) is 17.8 Å². The first kappa shape index (κ1) is 26.7. The van der Waals surface area contributed by atoms with Crippen LogP contribution in [-0.4, -0.2) is 29.5 Å². The largest absolute Gasteiger partial charge is 0.481 e. The lowest BCUT2D eigenvalue weighted by atomic mass is 10.0. The van der Waals surface area contributed by atoms with Crippen LogP contribution in [0.3, 0.4) is 0 Å². The number of carbonyl (C=O) groups excluding carboxylic acids is 1. The van der Waals surface area contributed by atoms with Gasteiger partial charge in [-0.25, -0.2) is 4.39 Å². The van der Waals surface area contributed by atoms with Gasteiger partial charge in [0, 0.05) is 35.5 Å². The van der Waals surface area contributed by atoms with Crippen molar-refractivity contribution >= 4 is 17.2 Å². The predicted octanol–water partition coefficient (Wildman–Crippen LogP) is 5.89. The Balaban J connectivity index is 0.000000275. The zero-order valence-corrected chi connectivity index (χ0v) is 21.2. The molecule has 0 aliphatic heterocycles. The van der Waals surface area contributed by atoms with Crippen LogP contribution in [-0.2, 0) is 13.1 Å². The number of benzene rings is 2. The minimum atomic E-state index is -0.127. The maximum Gasteiger partial charge on any atom is 0.152 e. The molecule has 0 aliphatic rings. The summed E-state index contributed by atoms with van der Waals surface area (Å²) in [4.78, 5) is 16.2. The zero-order chi connectivity index (χ0) is 26.1. The Morgan fingerprint density at radius 2 is 2.00 bits per heavy atom. The number of carbonyl (C=O) groups is 1. The van der Waals surface area contributed by atoms with Gasteiger partial charge < -0.3 is 14.6 Å². The number of halogens is 1. The van der Waals surface area contributed by atoms with Crippen LogP contribution in [0.2, 0.25) is 0 Å². The van der Waals surface area contributed by atoms with Crippen molar-refractivity contribution in [3.05, 3.63) is 94.7 Å². The van der Waals surface area contributed by atoms with E-state index in [4.69, 9.17) is 11.2 Å². The van der Waals surface area contributed by atoms with Gasteiger partial charge in [-0.3, -0.25) is 9.78 Å². The normalized spacial score (nSPS) is 10.6. The zero-order valence-electron chi connectivity index (χ0n) is 21.2. The minimum Gasteiger partial charge on any atom is -0.481 e. The van der Waals surface area contributed by atoms with Crippen molar-refractivity contribution in [2.24, 2.45) is 0 Å². The van der Waals surface area contributed by atoms with Crippen LogP contribution in [0.5, 0.6) is 5.75 Å². The maximum absolute atomic E-state index is 12.9. The molecule has 2 heterocycles. The average Bonchev–Trinajstić information content (AvgIpc) is 3.19. The average molecular weight is 486 g/mol. The van der Waals surface area contributed by atoms with Crippen molar-refractivity contribution in [1.29, 1.82) is 0 Å². The van der Waals surface area contributed by atoms with E-state index in [2.05, 4.69) is 34.6 Å². The van der Waals surface area contributed by atoms with Gasteiger partial charge in [0.15, 0.2) is 6.29 Å². The number of hydrogen-bond donors (Lipinski definition) is 1. The van der Waals surface area contributed by atoms with E-state index in [1.54, 1.807) is 25.3 Å². The lowest BCUT2D eigenvalue weighted by Gasteiger charge is -2.14. The highest BCUT2D eigenvalue weighted by Gasteiger charge is 2.20. The van der Waals surface area contributed by atoms with E-state index >= 15 is 0 Å². The number of rotatable bonds is 8. The number of terminal acetylenes is 1.